The molecule has 0 saturated carbocycles. The second-order valence-electron chi connectivity index (χ2n) is 7.41. The van der Waals surface area contributed by atoms with Crippen molar-refractivity contribution in [3.05, 3.63) is 96.1 Å². The van der Waals surface area contributed by atoms with Crippen LogP contribution in [-0.2, 0) is 11.3 Å². The van der Waals surface area contributed by atoms with Crippen molar-refractivity contribution in [2.75, 3.05) is 11.4 Å². The maximum atomic E-state index is 13.3. The van der Waals surface area contributed by atoms with Gasteiger partial charge in [0.2, 0.25) is 5.91 Å². The molecule has 1 amide bonds. The molecule has 1 aliphatic heterocycles. The van der Waals surface area contributed by atoms with Crippen LogP contribution in [0, 0.1) is 5.82 Å². The first kappa shape index (κ1) is 17.6. The number of halogens is 1. The minimum atomic E-state index is -0.304. The predicted molar refractivity (Wildman–Crippen MR) is 111 cm³/mol. The molecule has 1 aromatic heterocycles. The van der Waals surface area contributed by atoms with E-state index in [-0.39, 0.29) is 17.6 Å². The van der Waals surface area contributed by atoms with Crippen molar-refractivity contribution in [2.24, 2.45) is 0 Å². The minimum absolute atomic E-state index is 0.0105. The van der Waals surface area contributed by atoms with Gasteiger partial charge >= 0.3 is 0 Å². The molecular formula is C24H20FN3O. The van der Waals surface area contributed by atoms with E-state index in [2.05, 4.69) is 22.8 Å². The second-order valence-corrected chi connectivity index (χ2v) is 7.41. The number of fused-ring (bicyclic) bond motifs is 1. The average Bonchev–Trinajstić information content (AvgIpc) is 3.30. The Balaban J connectivity index is 1.52. The topological polar surface area (TPSA) is 38.1 Å². The normalized spacial score (nSPS) is 16.7. The molecule has 0 N–H and O–H groups in total. The van der Waals surface area contributed by atoms with Gasteiger partial charge in [-0.05, 0) is 42.0 Å². The Hall–Kier alpha value is -3.47. The lowest BCUT2D eigenvalue weighted by atomic mass is 10.1. The lowest BCUT2D eigenvalue weighted by Crippen LogP contribution is -2.24. The molecule has 3 aromatic carbocycles. The quantitative estimate of drug-likeness (QED) is 0.509. The van der Waals surface area contributed by atoms with Crippen molar-refractivity contribution < 1.29 is 9.18 Å². The number of hydrogen-bond acceptors (Lipinski definition) is 2. The summed E-state index contributed by atoms with van der Waals surface area (Å²) in [6, 6.07) is 24.4. The SMILES string of the molecule is O=C1C[C@H](c2nc3ccccc3n2Cc2ccccc2)CN1c1ccc(F)cc1. The molecule has 5 rings (SSSR count). The lowest BCUT2D eigenvalue weighted by molar-refractivity contribution is -0.117. The maximum Gasteiger partial charge on any atom is 0.227 e. The molecule has 144 valence electrons. The number of benzene rings is 3. The Bertz CT molecular complexity index is 1170. The molecule has 0 radical (unpaired) electrons. The molecule has 1 fully saturated rings. The van der Waals surface area contributed by atoms with E-state index in [0.29, 0.717) is 19.5 Å². The summed E-state index contributed by atoms with van der Waals surface area (Å²) in [5.41, 5.74) is 3.92. The van der Waals surface area contributed by atoms with Gasteiger partial charge in [-0.1, -0.05) is 42.5 Å². The van der Waals surface area contributed by atoms with Crippen LogP contribution in [0.25, 0.3) is 11.0 Å². The van der Waals surface area contributed by atoms with Gasteiger partial charge < -0.3 is 9.47 Å². The molecule has 2 heterocycles. The van der Waals surface area contributed by atoms with Crippen LogP contribution in [0.2, 0.25) is 0 Å². The van der Waals surface area contributed by atoms with E-state index in [4.69, 9.17) is 4.98 Å². The highest BCUT2D eigenvalue weighted by atomic mass is 19.1. The van der Waals surface area contributed by atoms with Gasteiger partial charge in [0.15, 0.2) is 0 Å². The zero-order valence-corrected chi connectivity index (χ0v) is 15.8. The standard InChI is InChI=1S/C24H20FN3O/c25-19-10-12-20(13-11-19)27-16-18(14-23(27)29)24-26-21-8-4-5-9-22(21)28(24)15-17-6-2-1-3-7-17/h1-13,18H,14-16H2/t18-/m0/s1. The first-order valence-electron chi connectivity index (χ1n) is 9.74. The van der Waals surface area contributed by atoms with Crippen molar-refractivity contribution in [3.63, 3.8) is 0 Å². The number of aromatic nitrogens is 2. The van der Waals surface area contributed by atoms with E-state index < -0.39 is 0 Å². The summed E-state index contributed by atoms with van der Waals surface area (Å²) in [7, 11) is 0. The molecule has 1 atom stereocenters. The maximum absolute atomic E-state index is 13.3. The van der Waals surface area contributed by atoms with Gasteiger partial charge in [-0.2, -0.15) is 0 Å². The van der Waals surface area contributed by atoms with Crippen molar-refractivity contribution in [2.45, 2.75) is 18.9 Å². The molecule has 0 spiro atoms. The third kappa shape index (κ3) is 3.29. The van der Waals surface area contributed by atoms with Gasteiger partial charge in [-0.15, -0.1) is 0 Å². The van der Waals surface area contributed by atoms with Crippen LogP contribution < -0.4 is 4.90 Å². The van der Waals surface area contributed by atoms with Gasteiger partial charge in [-0.3, -0.25) is 4.79 Å². The van der Waals surface area contributed by atoms with Crippen LogP contribution >= 0.6 is 0 Å². The molecule has 0 aliphatic carbocycles. The zero-order valence-electron chi connectivity index (χ0n) is 15.8. The Kier molecular flexibility index (Phi) is 4.35. The third-order valence-electron chi connectivity index (χ3n) is 5.50. The first-order valence-corrected chi connectivity index (χ1v) is 9.74. The number of rotatable bonds is 4. The Morgan fingerprint density at radius 3 is 2.45 bits per heavy atom. The monoisotopic (exact) mass is 385 g/mol. The van der Waals surface area contributed by atoms with Crippen LogP contribution in [0.5, 0.6) is 0 Å². The van der Waals surface area contributed by atoms with E-state index in [1.54, 1.807) is 17.0 Å². The molecule has 0 unspecified atom stereocenters. The van der Waals surface area contributed by atoms with Gasteiger partial charge in [-0.25, -0.2) is 9.37 Å². The Morgan fingerprint density at radius 2 is 1.66 bits per heavy atom. The van der Waals surface area contributed by atoms with E-state index in [1.807, 2.05) is 36.4 Å². The number of hydrogen-bond donors (Lipinski definition) is 0. The van der Waals surface area contributed by atoms with Crippen molar-refractivity contribution >= 4 is 22.6 Å². The summed E-state index contributed by atoms with van der Waals surface area (Å²) in [6.45, 7) is 1.25. The number of amides is 1. The van der Waals surface area contributed by atoms with Gasteiger partial charge in [0, 0.05) is 31.1 Å². The molecule has 0 bridgehead atoms. The number of para-hydroxylation sites is 2. The van der Waals surface area contributed by atoms with Gasteiger partial charge in [0.25, 0.3) is 0 Å². The second kappa shape index (κ2) is 7.17. The fourth-order valence-corrected chi connectivity index (χ4v) is 4.09. The highest BCUT2D eigenvalue weighted by Crippen LogP contribution is 2.33. The third-order valence-corrected chi connectivity index (χ3v) is 5.50. The van der Waals surface area contributed by atoms with Crippen LogP contribution in [0.15, 0.2) is 78.9 Å². The van der Waals surface area contributed by atoms with Crippen molar-refractivity contribution in [3.8, 4) is 0 Å². The predicted octanol–water partition coefficient (Wildman–Crippen LogP) is 4.74. The van der Waals surface area contributed by atoms with Crippen molar-refractivity contribution in [1.29, 1.82) is 0 Å². The summed E-state index contributed by atoms with van der Waals surface area (Å²) in [5, 5.41) is 0. The Labute approximate surface area is 168 Å². The molecule has 4 nitrogen and oxygen atoms in total. The molecule has 1 saturated heterocycles. The fraction of sp³-hybridized carbons (Fsp3) is 0.167. The van der Waals surface area contributed by atoms with Crippen LogP contribution in [0.4, 0.5) is 10.1 Å². The largest absolute Gasteiger partial charge is 0.323 e. The van der Waals surface area contributed by atoms with Crippen LogP contribution in [0.1, 0.15) is 23.7 Å². The Morgan fingerprint density at radius 1 is 0.931 bits per heavy atom. The van der Waals surface area contributed by atoms with Gasteiger partial charge in [0.05, 0.1) is 11.0 Å². The molecule has 5 heteroatoms. The molecular weight excluding hydrogens is 365 g/mol. The summed E-state index contributed by atoms with van der Waals surface area (Å²) in [5.74, 6) is 0.651. The van der Waals surface area contributed by atoms with E-state index in [1.165, 1.54) is 17.7 Å². The fourth-order valence-electron chi connectivity index (χ4n) is 4.09. The lowest BCUT2D eigenvalue weighted by Gasteiger charge is -2.17. The molecule has 4 aromatic rings. The van der Waals surface area contributed by atoms with Crippen molar-refractivity contribution in [1.82, 2.24) is 9.55 Å². The summed E-state index contributed by atoms with van der Waals surface area (Å²) in [6.07, 6.45) is 0.398. The molecule has 1 aliphatic rings. The van der Waals surface area contributed by atoms with Crippen LogP contribution in [0.3, 0.4) is 0 Å². The van der Waals surface area contributed by atoms with Crippen LogP contribution in [-0.4, -0.2) is 22.0 Å². The van der Waals surface area contributed by atoms with Gasteiger partial charge in [0.1, 0.15) is 11.6 Å². The average molecular weight is 385 g/mol. The summed E-state index contributed by atoms with van der Waals surface area (Å²) in [4.78, 5) is 19.3. The van der Waals surface area contributed by atoms with E-state index >= 15 is 0 Å². The number of imidazole rings is 1. The highest BCUT2D eigenvalue weighted by molar-refractivity contribution is 5.96. The zero-order chi connectivity index (χ0) is 19.8. The number of nitrogens with zero attached hydrogens (tertiary/aromatic N) is 3. The number of anilines is 1. The minimum Gasteiger partial charge on any atom is -0.323 e. The first-order chi connectivity index (χ1) is 14.2. The summed E-state index contributed by atoms with van der Waals surface area (Å²) < 4.78 is 15.5. The summed E-state index contributed by atoms with van der Waals surface area (Å²) >= 11 is 0. The number of carbonyl (C=O) groups excluding carboxylic acids is 1. The number of carbonyl (C=O) groups is 1. The molecule has 29 heavy (non-hydrogen) atoms. The van der Waals surface area contributed by atoms with E-state index in [9.17, 15) is 9.18 Å². The smallest absolute Gasteiger partial charge is 0.227 e. The van der Waals surface area contributed by atoms with E-state index in [0.717, 1.165) is 22.5 Å². The highest BCUT2D eigenvalue weighted by Gasteiger charge is 2.34.